The Balaban J connectivity index is 1.91. The summed E-state index contributed by atoms with van der Waals surface area (Å²) in [7, 11) is -3.40. The fourth-order valence-corrected chi connectivity index (χ4v) is 2.75. The van der Waals surface area contributed by atoms with E-state index in [-0.39, 0.29) is 22.8 Å². The molecule has 1 aliphatic rings. The van der Waals surface area contributed by atoms with Crippen molar-refractivity contribution in [1.29, 1.82) is 0 Å². The first-order valence-electron chi connectivity index (χ1n) is 6.13. The van der Waals surface area contributed by atoms with Gasteiger partial charge in [-0.3, -0.25) is 0 Å². The van der Waals surface area contributed by atoms with Gasteiger partial charge in [0.25, 0.3) is 0 Å². The summed E-state index contributed by atoms with van der Waals surface area (Å²) in [6.07, 6.45) is 2.34. The summed E-state index contributed by atoms with van der Waals surface area (Å²) in [5.74, 6) is -0.541. The second-order valence-corrected chi connectivity index (χ2v) is 6.78. The van der Waals surface area contributed by atoms with Crippen molar-refractivity contribution in [2.45, 2.75) is 17.7 Å². The van der Waals surface area contributed by atoms with E-state index in [4.69, 9.17) is 9.84 Å². The van der Waals surface area contributed by atoms with Crippen LogP contribution in [-0.2, 0) is 14.6 Å². The van der Waals surface area contributed by atoms with Gasteiger partial charge < -0.3 is 9.84 Å². The first-order valence-corrected chi connectivity index (χ1v) is 7.78. The Morgan fingerprint density at radius 3 is 2.42 bits per heavy atom. The average molecular weight is 284 g/mol. The Kier molecular flexibility index (Phi) is 4.21. The lowest BCUT2D eigenvalue weighted by Gasteiger charge is -2.06. The molecule has 1 aromatic carbocycles. The van der Waals surface area contributed by atoms with Crippen LogP contribution in [0.4, 0.5) is 0 Å². The molecule has 5 nitrogen and oxygen atoms in total. The van der Waals surface area contributed by atoms with Crippen LogP contribution in [0.15, 0.2) is 29.2 Å². The molecule has 2 rings (SSSR count). The molecular weight excluding hydrogens is 268 g/mol. The van der Waals surface area contributed by atoms with Crippen molar-refractivity contribution in [1.82, 2.24) is 0 Å². The summed E-state index contributed by atoms with van der Waals surface area (Å²) in [6, 6.07) is 5.22. The van der Waals surface area contributed by atoms with Gasteiger partial charge in [0.2, 0.25) is 0 Å². The molecule has 0 aromatic heterocycles. The van der Waals surface area contributed by atoms with Gasteiger partial charge in [-0.05, 0) is 43.0 Å². The number of sulfone groups is 1. The molecule has 0 aliphatic heterocycles. The first kappa shape index (κ1) is 14.0. The fraction of sp³-hybridized carbons (Fsp3) is 0.462. The van der Waals surface area contributed by atoms with E-state index >= 15 is 0 Å². The van der Waals surface area contributed by atoms with Crippen LogP contribution in [0.5, 0.6) is 0 Å². The first-order chi connectivity index (χ1) is 8.99. The van der Waals surface area contributed by atoms with E-state index in [2.05, 4.69) is 0 Å². The SMILES string of the molecule is O=C(O)c1ccc(S(=O)(=O)CCOCC2CC2)cc1. The summed E-state index contributed by atoms with van der Waals surface area (Å²) < 4.78 is 29.2. The number of hydrogen-bond acceptors (Lipinski definition) is 4. The number of carboxylic acids is 1. The summed E-state index contributed by atoms with van der Waals surface area (Å²) in [5.41, 5.74) is 0.0731. The molecule has 0 amide bonds. The summed E-state index contributed by atoms with van der Waals surface area (Å²) in [5, 5.41) is 8.74. The van der Waals surface area contributed by atoms with Gasteiger partial charge in [0.15, 0.2) is 9.84 Å². The number of carbonyl (C=O) groups is 1. The quantitative estimate of drug-likeness (QED) is 0.769. The molecule has 0 bridgehead atoms. The number of carboxylic acid groups (broad SMARTS) is 1. The van der Waals surface area contributed by atoms with Gasteiger partial charge in [-0.15, -0.1) is 0 Å². The predicted octanol–water partition coefficient (Wildman–Crippen LogP) is 1.59. The van der Waals surface area contributed by atoms with Crippen molar-refractivity contribution in [3.05, 3.63) is 29.8 Å². The van der Waals surface area contributed by atoms with E-state index in [1.807, 2.05) is 0 Å². The number of benzene rings is 1. The van der Waals surface area contributed by atoms with Crippen LogP contribution in [0.1, 0.15) is 23.2 Å². The summed E-state index contributed by atoms with van der Waals surface area (Å²) >= 11 is 0. The van der Waals surface area contributed by atoms with E-state index in [0.29, 0.717) is 12.5 Å². The lowest BCUT2D eigenvalue weighted by molar-refractivity contribution is 0.0696. The highest BCUT2D eigenvalue weighted by Crippen LogP contribution is 2.28. The Morgan fingerprint density at radius 2 is 1.89 bits per heavy atom. The smallest absolute Gasteiger partial charge is 0.335 e. The van der Waals surface area contributed by atoms with Crippen LogP contribution >= 0.6 is 0 Å². The van der Waals surface area contributed by atoms with Gasteiger partial charge in [-0.2, -0.15) is 0 Å². The van der Waals surface area contributed by atoms with E-state index in [1.165, 1.54) is 37.1 Å². The predicted molar refractivity (Wildman–Crippen MR) is 69.0 cm³/mol. The maximum Gasteiger partial charge on any atom is 0.335 e. The molecule has 104 valence electrons. The number of rotatable bonds is 7. The molecule has 1 saturated carbocycles. The van der Waals surface area contributed by atoms with Crippen molar-refractivity contribution >= 4 is 15.8 Å². The Bertz CT molecular complexity index is 543. The maximum atomic E-state index is 11.9. The molecular formula is C13H16O5S. The van der Waals surface area contributed by atoms with Crippen molar-refractivity contribution in [2.24, 2.45) is 5.92 Å². The Morgan fingerprint density at radius 1 is 1.26 bits per heavy atom. The molecule has 1 aromatic rings. The zero-order valence-electron chi connectivity index (χ0n) is 10.4. The summed E-state index contributed by atoms with van der Waals surface area (Å²) in [4.78, 5) is 10.8. The van der Waals surface area contributed by atoms with Crippen molar-refractivity contribution < 1.29 is 23.1 Å². The normalized spacial score (nSPS) is 15.4. The molecule has 0 atom stereocenters. The van der Waals surface area contributed by atoms with Crippen molar-refractivity contribution in [2.75, 3.05) is 19.0 Å². The van der Waals surface area contributed by atoms with Crippen LogP contribution in [0.25, 0.3) is 0 Å². The monoisotopic (exact) mass is 284 g/mol. The molecule has 0 spiro atoms. The van der Waals surface area contributed by atoms with E-state index < -0.39 is 15.8 Å². The minimum atomic E-state index is -3.40. The number of aromatic carboxylic acids is 1. The van der Waals surface area contributed by atoms with Gasteiger partial charge >= 0.3 is 5.97 Å². The molecule has 19 heavy (non-hydrogen) atoms. The van der Waals surface area contributed by atoms with E-state index in [1.54, 1.807) is 0 Å². The molecule has 1 aliphatic carbocycles. The standard InChI is InChI=1S/C13H16O5S/c14-13(15)11-3-5-12(6-4-11)19(16,17)8-7-18-9-10-1-2-10/h3-6,10H,1-2,7-9H2,(H,14,15). The van der Waals surface area contributed by atoms with Gasteiger partial charge in [-0.25, -0.2) is 13.2 Å². The topological polar surface area (TPSA) is 80.7 Å². The summed E-state index contributed by atoms with van der Waals surface area (Å²) in [6.45, 7) is 0.812. The zero-order chi connectivity index (χ0) is 13.9. The Hall–Kier alpha value is -1.40. The third-order valence-electron chi connectivity index (χ3n) is 3.01. The highest BCUT2D eigenvalue weighted by molar-refractivity contribution is 7.91. The van der Waals surface area contributed by atoms with Crippen LogP contribution < -0.4 is 0 Å². The fourth-order valence-electron chi connectivity index (χ4n) is 1.63. The highest BCUT2D eigenvalue weighted by atomic mass is 32.2. The molecule has 0 radical (unpaired) electrons. The molecule has 0 heterocycles. The minimum Gasteiger partial charge on any atom is -0.478 e. The van der Waals surface area contributed by atoms with Crippen LogP contribution in [0.3, 0.4) is 0 Å². The third kappa shape index (κ3) is 4.04. The second kappa shape index (κ2) is 5.71. The van der Waals surface area contributed by atoms with Crippen molar-refractivity contribution in [3.8, 4) is 0 Å². The average Bonchev–Trinajstić information content (AvgIpc) is 3.19. The molecule has 0 unspecified atom stereocenters. The molecule has 0 saturated heterocycles. The van der Waals surface area contributed by atoms with Crippen molar-refractivity contribution in [3.63, 3.8) is 0 Å². The van der Waals surface area contributed by atoms with Gasteiger partial charge in [0, 0.05) is 6.61 Å². The molecule has 6 heteroatoms. The van der Waals surface area contributed by atoms with Crippen LogP contribution in [-0.4, -0.2) is 38.5 Å². The number of hydrogen-bond donors (Lipinski definition) is 1. The zero-order valence-corrected chi connectivity index (χ0v) is 11.2. The van der Waals surface area contributed by atoms with Crippen LogP contribution in [0.2, 0.25) is 0 Å². The molecule has 1 N–H and O–H groups in total. The van der Waals surface area contributed by atoms with Gasteiger partial charge in [-0.1, -0.05) is 0 Å². The van der Waals surface area contributed by atoms with Gasteiger partial charge in [0.05, 0.1) is 22.8 Å². The Labute approximate surface area is 112 Å². The number of ether oxygens (including phenoxy) is 1. The lowest BCUT2D eigenvalue weighted by atomic mass is 10.2. The highest BCUT2D eigenvalue weighted by Gasteiger charge is 2.22. The minimum absolute atomic E-state index is 0.0731. The van der Waals surface area contributed by atoms with Gasteiger partial charge in [0.1, 0.15) is 0 Å². The molecule has 1 fully saturated rings. The van der Waals surface area contributed by atoms with E-state index in [0.717, 1.165) is 0 Å². The maximum absolute atomic E-state index is 11.9. The lowest BCUT2D eigenvalue weighted by Crippen LogP contribution is -2.13. The van der Waals surface area contributed by atoms with E-state index in [9.17, 15) is 13.2 Å². The second-order valence-electron chi connectivity index (χ2n) is 4.67. The van der Waals surface area contributed by atoms with Crippen LogP contribution in [0, 0.1) is 5.92 Å². The largest absolute Gasteiger partial charge is 0.478 e. The third-order valence-corrected chi connectivity index (χ3v) is 4.70.